The zero-order valence-electron chi connectivity index (χ0n) is 14.3. The summed E-state index contributed by atoms with van der Waals surface area (Å²) in [5.74, 6) is 0.220. The molecule has 0 fully saturated rings. The highest BCUT2D eigenvalue weighted by atomic mass is 35.5. The van der Waals surface area contributed by atoms with Crippen molar-refractivity contribution in [1.29, 1.82) is 0 Å². The molecule has 0 aliphatic carbocycles. The Balaban J connectivity index is 2.48. The van der Waals surface area contributed by atoms with Crippen LogP contribution in [0.1, 0.15) is 29.5 Å². The third kappa shape index (κ3) is 5.25. The number of aryl methyl sites for hydroxylation is 2. The molecule has 2 rings (SSSR count). The van der Waals surface area contributed by atoms with Crippen molar-refractivity contribution in [3.05, 3.63) is 65.0 Å². The zero-order chi connectivity index (χ0) is 18.4. The number of hydrogen-bond acceptors (Lipinski definition) is 2. The number of alkyl halides is 1. The van der Waals surface area contributed by atoms with Crippen molar-refractivity contribution < 1.29 is 4.39 Å². The standard InChI is InChI=1S/C19H21ClFN3S/c1-13-5-10-18(14(2)12-13)24(19(22)25)23-17(4-3-11-20)15-6-8-16(21)9-7-15/h5-10,12H,3-4,11H2,1-2H3,(H2,22,25)/b23-17-. The van der Waals surface area contributed by atoms with Crippen LogP contribution in [0, 0.1) is 19.7 Å². The van der Waals surface area contributed by atoms with Crippen LogP contribution in [0.15, 0.2) is 47.6 Å². The van der Waals surface area contributed by atoms with E-state index in [1.54, 1.807) is 17.1 Å². The Morgan fingerprint density at radius 3 is 2.44 bits per heavy atom. The van der Waals surface area contributed by atoms with Gasteiger partial charge in [-0.05, 0) is 68.2 Å². The second-order valence-corrected chi connectivity index (χ2v) is 6.58. The first-order valence-corrected chi connectivity index (χ1v) is 8.93. The molecular weight excluding hydrogens is 357 g/mol. The molecule has 0 aromatic heterocycles. The molecule has 132 valence electrons. The monoisotopic (exact) mass is 377 g/mol. The van der Waals surface area contributed by atoms with Crippen molar-refractivity contribution in [2.45, 2.75) is 26.7 Å². The van der Waals surface area contributed by atoms with Crippen LogP contribution >= 0.6 is 23.8 Å². The van der Waals surface area contributed by atoms with Gasteiger partial charge in [-0.2, -0.15) is 5.10 Å². The quantitative estimate of drug-likeness (QED) is 0.336. The average Bonchev–Trinajstić information content (AvgIpc) is 2.57. The van der Waals surface area contributed by atoms with Crippen molar-refractivity contribution in [1.82, 2.24) is 0 Å². The average molecular weight is 378 g/mol. The number of anilines is 1. The van der Waals surface area contributed by atoms with Gasteiger partial charge in [-0.25, -0.2) is 9.40 Å². The Kier molecular flexibility index (Phi) is 6.91. The van der Waals surface area contributed by atoms with Crippen LogP contribution in [0.2, 0.25) is 0 Å². The van der Waals surface area contributed by atoms with E-state index in [-0.39, 0.29) is 10.9 Å². The predicted octanol–water partition coefficient (Wildman–Crippen LogP) is 4.92. The Labute approximate surface area is 158 Å². The summed E-state index contributed by atoms with van der Waals surface area (Å²) in [5, 5.41) is 6.38. The number of hydrogen-bond donors (Lipinski definition) is 1. The van der Waals surface area contributed by atoms with Crippen LogP contribution in [0.25, 0.3) is 0 Å². The van der Waals surface area contributed by atoms with Gasteiger partial charge in [0.2, 0.25) is 0 Å². The van der Waals surface area contributed by atoms with Crippen LogP contribution in [0.3, 0.4) is 0 Å². The maximum Gasteiger partial charge on any atom is 0.191 e. The Bertz CT molecular complexity index is 775. The summed E-state index contributed by atoms with van der Waals surface area (Å²) in [6.45, 7) is 4.01. The van der Waals surface area contributed by atoms with Gasteiger partial charge in [0.05, 0.1) is 11.4 Å². The van der Waals surface area contributed by atoms with Crippen molar-refractivity contribution in [3.63, 3.8) is 0 Å². The van der Waals surface area contributed by atoms with Crippen LogP contribution < -0.4 is 10.7 Å². The second-order valence-electron chi connectivity index (χ2n) is 5.79. The summed E-state index contributed by atoms with van der Waals surface area (Å²) in [5.41, 5.74) is 10.5. The summed E-state index contributed by atoms with van der Waals surface area (Å²) in [6, 6.07) is 12.2. The van der Waals surface area contributed by atoms with Crippen molar-refractivity contribution in [2.75, 3.05) is 10.9 Å². The summed E-state index contributed by atoms with van der Waals surface area (Å²) < 4.78 is 13.2. The van der Waals surface area contributed by atoms with Crippen molar-refractivity contribution in [3.8, 4) is 0 Å². The molecule has 0 saturated carbocycles. The first kappa shape index (κ1) is 19.3. The molecule has 0 saturated heterocycles. The maximum atomic E-state index is 13.2. The lowest BCUT2D eigenvalue weighted by atomic mass is 10.1. The molecule has 6 heteroatoms. The molecule has 2 aromatic rings. The lowest BCUT2D eigenvalue weighted by molar-refractivity contribution is 0.627. The molecule has 0 atom stereocenters. The van der Waals surface area contributed by atoms with Gasteiger partial charge < -0.3 is 5.73 Å². The molecule has 0 aliphatic rings. The molecule has 0 bridgehead atoms. The fourth-order valence-electron chi connectivity index (χ4n) is 2.51. The van der Waals surface area contributed by atoms with Crippen LogP contribution in [-0.4, -0.2) is 16.7 Å². The van der Waals surface area contributed by atoms with Gasteiger partial charge in [0.25, 0.3) is 0 Å². The fourth-order valence-corrected chi connectivity index (χ4v) is 2.79. The number of halogens is 2. The first-order valence-electron chi connectivity index (χ1n) is 7.98. The summed E-state index contributed by atoms with van der Waals surface area (Å²) in [7, 11) is 0. The fraction of sp³-hybridized carbons (Fsp3) is 0.263. The molecule has 0 unspecified atom stereocenters. The third-order valence-electron chi connectivity index (χ3n) is 3.73. The molecule has 2 aromatic carbocycles. The predicted molar refractivity (Wildman–Crippen MR) is 108 cm³/mol. The van der Waals surface area contributed by atoms with E-state index in [2.05, 4.69) is 5.10 Å². The molecule has 0 aliphatic heterocycles. The number of thiocarbonyl (C=S) groups is 1. The molecule has 25 heavy (non-hydrogen) atoms. The molecule has 3 nitrogen and oxygen atoms in total. The van der Waals surface area contributed by atoms with Gasteiger partial charge >= 0.3 is 0 Å². The highest BCUT2D eigenvalue weighted by Gasteiger charge is 2.14. The highest BCUT2D eigenvalue weighted by Crippen LogP contribution is 2.23. The van der Waals surface area contributed by atoms with Crippen molar-refractivity contribution in [2.24, 2.45) is 10.8 Å². The topological polar surface area (TPSA) is 41.6 Å². The number of hydrazone groups is 1. The summed E-state index contributed by atoms with van der Waals surface area (Å²) >= 11 is 11.0. The van der Waals surface area contributed by atoms with E-state index in [1.165, 1.54) is 12.1 Å². The lowest BCUT2D eigenvalue weighted by Crippen LogP contribution is -2.32. The zero-order valence-corrected chi connectivity index (χ0v) is 15.9. The minimum Gasteiger partial charge on any atom is -0.374 e. The lowest BCUT2D eigenvalue weighted by Gasteiger charge is -2.21. The van der Waals surface area contributed by atoms with E-state index in [0.717, 1.165) is 34.5 Å². The minimum absolute atomic E-state index is 0.150. The largest absolute Gasteiger partial charge is 0.374 e. The summed E-state index contributed by atoms with van der Waals surface area (Å²) in [6.07, 6.45) is 1.38. The van der Waals surface area contributed by atoms with Crippen LogP contribution in [-0.2, 0) is 0 Å². The minimum atomic E-state index is -0.291. The third-order valence-corrected chi connectivity index (χ3v) is 4.17. The Hall–Kier alpha value is -1.98. The summed E-state index contributed by atoms with van der Waals surface area (Å²) in [4.78, 5) is 0. The maximum absolute atomic E-state index is 13.2. The number of nitrogens with zero attached hydrogens (tertiary/aromatic N) is 2. The second kappa shape index (κ2) is 8.92. The molecule has 2 N–H and O–H groups in total. The van der Waals surface area contributed by atoms with E-state index in [1.807, 2.05) is 32.0 Å². The van der Waals surface area contributed by atoms with E-state index in [9.17, 15) is 4.39 Å². The van der Waals surface area contributed by atoms with Gasteiger partial charge in [-0.15, -0.1) is 11.6 Å². The van der Waals surface area contributed by atoms with E-state index >= 15 is 0 Å². The smallest absolute Gasteiger partial charge is 0.191 e. The Morgan fingerprint density at radius 2 is 1.88 bits per heavy atom. The molecule has 0 radical (unpaired) electrons. The SMILES string of the molecule is Cc1ccc(N(/N=C(/CCCCl)c2ccc(F)cc2)C(N)=S)c(C)c1. The van der Waals surface area contributed by atoms with Gasteiger partial charge in [0, 0.05) is 5.88 Å². The van der Waals surface area contributed by atoms with Crippen LogP contribution in [0.5, 0.6) is 0 Å². The molecule has 0 amide bonds. The normalized spacial score (nSPS) is 11.4. The number of benzene rings is 2. The van der Waals surface area contributed by atoms with Gasteiger partial charge in [0.1, 0.15) is 5.82 Å². The van der Waals surface area contributed by atoms with Crippen molar-refractivity contribution >= 4 is 40.3 Å². The highest BCUT2D eigenvalue weighted by molar-refractivity contribution is 7.80. The van der Waals surface area contributed by atoms with E-state index < -0.39 is 0 Å². The van der Waals surface area contributed by atoms with Gasteiger partial charge in [0.15, 0.2) is 5.11 Å². The first-order chi connectivity index (χ1) is 11.9. The van der Waals surface area contributed by atoms with Crippen LogP contribution in [0.4, 0.5) is 10.1 Å². The number of nitrogens with two attached hydrogens (primary N) is 1. The molecule has 0 heterocycles. The van der Waals surface area contributed by atoms with E-state index in [0.29, 0.717) is 12.3 Å². The molecular formula is C19H21ClFN3S. The number of rotatable bonds is 6. The van der Waals surface area contributed by atoms with Gasteiger partial charge in [-0.1, -0.05) is 29.8 Å². The Morgan fingerprint density at radius 1 is 1.20 bits per heavy atom. The van der Waals surface area contributed by atoms with E-state index in [4.69, 9.17) is 29.6 Å². The van der Waals surface area contributed by atoms with Gasteiger partial charge in [-0.3, -0.25) is 0 Å². The molecule has 0 spiro atoms.